The van der Waals surface area contributed by atoms with E-state index in [9.17, 15) is 9.59 Å². The van der Waals surface area contributed by atoms with E-state index in [1.807, 2.05) is 30.3 Å². The molecule has 1 heterocycles. The number of carbonyl (C=O) groups excluding carboxylic acids is 2. The van der Waals surface area contributed by atoms with Crippen molar-refractivity contribution >= 4 is 34.8 Å². The lowest BCUT2D eigenvalue weighted by Crippen LogP contribution is -2.45. The van der Waals surface area contributed by atoms with E-state index in [0.29, 0.717) is 16.3 Å². The van der Waals surface area contributed by atoms with Gasteiger partial charge in [0.2, 0.25) is 5.91 Å². The second-order valence-electron chi connectivity index (χ2n) is 8.01. The van der Waals surface area contributed by atoms with Crippen molar-refractivity contribution in [2.75, 3.05) is 42.9 Å². The molecular formula is C26H27ClN4O2. The topological polar surface area (TPSA) is 64.7 Å². The predicted octanol–water partition coefficient (Wildman–Crippen LogP) is 4.03. The van der Waals surface area contributed by atoms with Gasteiger partial charge in [0.05, 0.1) is 17.1 Å². The molecule has 7 heteroatoms. The fourth-order valence-corrected chi connectivity index (χ4v) is 4.09. The molecule has 170 valence electrons. The van der Waals surface area contributed by atoms with Crippen LogP contribution in [0, 0.1) is 0 Å². The molecule has 1 fully saturated rings. The van der Waals surface area contributed by atoms with E-state index in [0.717, 1.165) is 38.4 Å². The summed E-state index contributed by atoms with van der Waals surface area (Å²) in [6.07, 6.45) is 0. The van der Waals surface area contributed by atoms with Gasteiger partial charge >= 0.3 is 0 Å². The molecule has 33 heavy (non-hydrogen) atoms. The van der Waals surface area contributed by atoms with Crippen LogP contribution in [0.2, 0.25) is 5.02 Å². The highest BCUT2D eigenvalue weighted by molar-refractivity contribution is 6.33. The molecule has 1 saturated heterocycles. The van der Waals surface area contributed by atoms with Gasteiger partial charge in [-0.15, -0.1) is 0 Å². The number of nitrogens with one attached hydrogen (secondary N) is 2. The first-order valence-corrected chi connectivity index (χ1v) is 11.4. The average Bonchev–Trinajstić information content (AvgIpc) is 2.84. The van der Waals surface area contributed by atoms with Gasteiger partial charge in [-0.25, -0.2) is 0 Å². The van der Waals surface area contributed by atoms with Crippen LogP contribution in [0.15, 0.2) is 78.9 Å². The number of piperazine rings is 1. The molecule has 1 aliphatic heterocycles. The Morgan fingerprint density at radius 1 is 0.818 bits per heavy atom. The molecule has 2 amide bonds. The number of rotatable bonds is 7. The lowest BCUT2D eigenvalue weighted by molar-refractivity contribution is -0.115. The Labute approximate surface area is 199 Å². The Hall–Kier alpha value is -3.35. The van der Waals surface area contributed by atoms with E-state index in [1.165, 1.54) is 5.56 Å². The van der Waals surface area contributed by atoms with E-state index in [1.54, 1.807) is 24.3 Å². The summed E-state index contributed by atoms with van der Waals surface area (Å²) in [6, 6.07) is 25.1. The van der Waals surface area contributed by atoms with Crippen molar-refractivity contribution in [2.24, 2.45) is 0 Å². The number of amides is 2. The summed E-state index contributed by atoms with van der Waals surface area (Å²) >= 11 is 6.02. The first kappa shape index (κ1) is 22.8. The summed E-state index contributed by atoms with van der Waals surface area (Å²) in [5, 5.41) is 5.76. The molecule has 0 aromatic heterocycles. The number of benzene rings is 3. The molecular weight excluding hydrogens is 436 g/mol. The molecule has 0 aliphatic carbocycles. The summed E-state index contributed by atoms with van der Waals surface area (Å²) in [6.45, 7) is 4.80. The van der Waals surface area contributed by atoms with Crippen molar-refractivity contribution < 1.29 is 9.59 Å². The molecule has 0 saturated carbocycles. The molecule has 0 spiro atoms. The molecule has 0 atom stereocenters. The van der Waals surface area contributed by atoms with E-state index in [4.69, 9.17) is 11.6 Å². The van der Waals surface area contributed by atoms with E-state index in [2.05, 4.69) is 44.7 Å². The molecule has 3 aromatic carbocycles. The first-order chi connectivity index (χ1) is 16.1. The minimum atomic E-state index is -0.377. The number of anilines is 2. The summed E-state index contributed by atoms with van der Waals surface area (Å²) < 4.78 is 0. The molecule has 4 rings (SSSR count). The van der Waals surface area contributed by atoms with Crippen molar-refractivity contribution in [3.05, 3.63) is 95.0 Å². The molecule has 2 N–H and O–H groups in total. The van der Waals surface area contributed by atoms with Gasteiger partial charge in [-0.05, 0) is 42.0 Å². The molecule has 0 bridgehead atoms. The van der Waals surface area contributed by atoms with Crippen LogP contribution in [0.25, 0.3) is 0 Å². The minimum absolute atomic E-state index is 0.130. The van der Waals surface area contributed by atoms with Crippen LogP contribution in [-0.4, -0.2) is 49.4 Å². The number of hydrogen-bond donors (Lipinski definition) is 2. The summed E-state index contributed by atoms with van der Waals surface area (Å²) in [4.78, 5) is 29.2. The van der Waals surface area contributed by atoms with Gasteiger partial charge in [-0.1, -0.05) is 54.1 Å². The maximum absolute atomic E-state index is 12.2. The minimum Gasteiger partial charge on any atom is -0.369 e. The van der Waals surface area contributed by atoms with Crippen LogP contribution in [0.4, 0.5) is 11.4 Å². The standard InChI is InChI=1S/C26H27ClN4O2/c27-24-9-5-4-8-23(24)26(33)28-18-25(32)29-21-10-12-22(13-11-21)31-16-14-30(15-17-31)19-20-6-2-1-3-7-20/h1-13H,14-19H2,(H,28,33)(H,29,32). The normalized spacial score (nSPS) is 14.0. The van der Waals surface area contributed by atoms with E-state index >= 15 is 0 Å². The van der Waals surface area contributed by atoms with Gasteiger partial charge in [0, 0.05) is 44.1 Å². The quantitative estimate of drug-likeness (QED) is 0.556. The van der Waals surface area contributed by atoms with Crippen molar-refractivity contribution in [3.63, 3.8) is 0 Å². The predicted molar refractivity (Wildman–Crippen MR) is 133 cm³/mol. The molecule has 0 unspecified atom stereocenters. The number of hydrogen-bond acceptors (Lipinski definition) is 4. The van der Waals surface area contributed by atoms with Crippen molar-refractivity contribution in [3.8, 4) is 0 Å². The Morgan fingerprint density at radius 2 is 1.48 bits per heavy atom. The molecule has 6 nitrogen and oxygen atoms in total. The third kappa shape index (κ3) is 6.34. The molecule has 1 aliphatic rings. The van der Waals surface area contributed by atoms with Crippen LogP contribution in [0.5, 0.6) is 0 Å². The van der Waals surface area contributed by atoms with Crippen LogP contribution in [-0.2, 0) is 11.3 Å². The van der Waals surface area contributed by atoms with Crippen molar-refractivity contribution in [2.45, 2.75) is 6.54 Å². The SMILES string of the molecule is O=C(CNC(=O)c1ccccc1Cl)Nc1ccc(N2CCN(Cc3ccccc3)CC2)cc1. The van der Waals surface area contributed by atoms with Crippen molar-refractivity contribution in [1.29, 1.82) is 0 Å². The second-order valence-corrected chi connectivity index (χ2v) is 8.41. The lowest BCUT2D eigenvalue weighted by Gasteiger charge is -2.36. The Kier molecular flexibility index (Phi) is 7.60. The lowest BCUT2D eigenvalue weighted by atomic mass is 10.2. The summed E-state index contributed by atoms with van der Waals surface area (Å²) in [7, 11) is 0. The smallest absolute Gasteiger partial charge is 0.253 e. The summed E-state index contributed by atoms with van der Waals surface area (Å²) in [5.74, 6) is -0.671. The van der Waals surface area contributed by atoms with Crippen LogP contribution >= 0.6 is 11.6 Å². The zero-order valence-electron chi connectivity index (χ0n) is 18.3. The van der Waals surface area contributed by atoms with Gasteiger partial charge < -0.3 is 15.5 Å². The Bertz CT molecular complexity index is 1080. The molecule has 3 aromatic rings. The average molecular weight is 463 g/mol. The van der Waals surface area contributed by atoms with Crippen molar-refractivity contribution in [1.82, 2.24) is 10.2 Å². The highest BCUT2D eigenvalue weighted by atomic mass is 35.5. The first-order valence-electron chi connectivity index (χ1n) is 11.0. The Morgan fingerprint density at radius 3 is 2.18 bits per heavy atom. The molecule has 0 radical (unpaired) electrons. The van der Waals surface area contributed by atoms with Gasteiger partial charge in [0.1, 0.15) is 0 Å². The van der Waals surface area contributed by atoms with E-state index in [-0.39, 0.29) is 18.4 Å². The maximum atomic E-state index is 12.2. The highest BCUT2D eigenvalue weighted by Gasteiger charge is 2.17. The number of carbonyl (C=O) groups is 2. The number of halogens is 1. The van der Waals surface area contributed by atoms with Gasteiger partial charge in [-0.2, -0.15) is 0 Å². The second kappa shape index (κ2) is 11.0. The van der Waals surface area contributed by atoms with E-state index < -0.39 is 0 Å². The fourth-order valence-electron chi connectivity index (χ4n) is 3.87. The maximum Gasteiger partial charge on any atom is 0.253 e. The third-order valence-electron chi connectivity index (χ3n) is 5.67. The van der Waals surface area contributed by atoms with Crippen LogP contribution in [0.1, 0.15) is 15.9 Å². The van der Waals surface area contributed by atoms with Crippen LogP contribution in [0.3, 0.4) is 0 Å². The van der Waals surface area contributed by atoms with Crippen LogP contribution < -0.4 is 15.5 Å². The Balaban J connectivity index is 1.22. The highest BCUT2D eigenvalue weighted by Crippen LogP contribution is 2.20. The zero-order valence-corrected chi connectivity index (χ0v) is 19.1. The van der Waals surface area contributed by atoms with Gasteiger partial charge in [-0.3, -0.25) is 14.5 Å². The van der Waals surface area contributed by atoms with Gasteiger partial charge in [0.15, 0.2) is 0 Å². The third-order valence-corrected chi connectivity index (χ3v) is 6.00. The zero-order chi connectivity index (χ0) is 23.0. The number of nitrogens with zero attached hydrogens (tertiary/aromatic N) is 2. The summed E-state index contributed by atoms with van der Waals surface area (Å²) in [5.41, 5.74) is 3.52. The largest absolute Gasteiger partial charge is 0.369 e. The van der Waals surface area contributed by atoms with Gasteiger partial charge in [0.25, 0.3) is 5.91 Å². The monoisotopic (exact) mass is 462 g/mol. The fraction of sp³-hybridized carbons (Fsp3) is 0.231.